The molecular formula is C19H21ClFN3OS. The fraction of sp³-hybridized carbons (Fsp3) is 0.316. The number of thiocarbonyl (C=S) groups is 1. The van der Waals surface area contributed by atoms with Crippen LogP contribution in [0.15, 0.2) is 42.5 Å². The largest absolute Gasteiger partial charge is 0.495 e. The van der Waals surface area contributed by atoms with E-state index in [-0.39, 0.29) is 5.82 Å². The first-order chi connectivity index (χ1) is 12.5. The maximum absolute atomic E-state index is 13.0. The van der Waals surface area contributed by atoms with Crippen molar-refractivity contribution in [1.82, 2.24) is 9.80 Å². The highest BCUT2D eigenvalue weighted by molar-refractivity contribution is 7.80. The molecule has 1 heterocycles. The van der Waals surface area contributed by atoms with E-state index in [1.54, 1.807) is 19.2 Å². The number of halogens is 2. The van der Waals surface area contributed by atoms with E-state index in [1.165, 1.54) is 12.1 Å². The number of hydrogen-bond acceptors (Lipinski definition) is 3. The van der Waals surface area contributed by atoms with Crippen LogP contribution in [0.25, 0.3) is 0 Å². The van der Waals surface area contributed by atoms with E-state index in [0.29, 0.717) is 15.9 Å². The van der Waals surface area contributed by atoms with Gasteiger partial charge >= 0.3 is 0 Å². The lowest BCUT2D eigenvalue weighted by Crippen LogP contribution is -2.49. The van der Waals surface area contributed by atoms with Crippen LogP contribution >= 0.6 is 23.8 Å². The Balaban J connectivity index is 1.53. The molecule has 4 nitrogen and oxygen atoms in total. The molecule has 0 saturated carbocycles. The van der Waals surface area contributed by atoms with Crippen LogP contribution in [0.5, 0.6) is 5.75 Å². The van der Waals surface area contributed by atoms with Crippen LogP contribution in [-0.4, -0.2) is 48.2 Å². The summed E-state index contributed by atoms with van der Waals surface area (Å²) in [5.41, 5.74) is 1.88. The molecule has 3 rings (SSSR count). The molecule has 0 spiro atoms. The number of methoxy groups -OCH3 is 1. The molecular weight excluding hydrogens is 373 g/mol. The topological polar surface area (TPSA) is 27.7 Å². The van der Waals surface area contributed by atoms with Crippen LogP contribution in [0.2, 0.25) is 5.02 Å². The van der Waals surface area contributed by atoms with E-state index in [0.717, 1.165) is 44.0 Å². The monoisotopic (exact) mass is 393 g/mol. The molecule has 0 unspecified atom stereocenters. The van der Waals surface area contributed by atoms with Crippen LogP contribution in [0.4, 0.5) is 10.1 Å². The van der Waals surface area contributed by atoms with Gasteiger partial charge in [0.1, 0.15) is 11.6 Å². The third kappa shape index (κ3) is 4.84. The smallest absolute Gasteiger partial charge is 0.173 e. The second kappa shape index (κ2) is 8.66. The first kappa shape index (κ1) is 18.9. The highest BCUT2D eigenvalue weighted by Gasteiger charge is 2.20. The minimum Gasteiger partial charge on any atom is -0.495 e. The van der Waals surface area contributed by atoms with Gasteiger partial charge < -0.3 is 15.0 Å². The van der Waals surface area contributed by atoms with Gasteiger partial charge in [0.2, 0.25) is 0 Å². The molecule has 0 amide bonds. The molecule has 1 N–H and O–H groups in total. The summed E-state index contributed by atoms with van der Waals surface area (Å²) >= 11 is 11.6. The Labute approximate surface area is 163 Å². The predicted octanol–water partition coefficient (Wildman–Crippen LogP) is 4.00. The third-order valence-corrected chi connectivity index (χ3v) is 4.98. The molecule has 0 atom stereocenters. The number of nitrogens with one attached hydrogen (secondary N) is 1. The molecule has 2 aromatic carbocycles. The summed E-state index contributed by atoms with van der Waals surface area (Å²) in [6.07, 6.45) is 0. The molecule has 138 valence electrons. The molecule has 0 bridgehead atoms. The summed E-state index contributed by atoms with van der Waals surface area (Å²) in [4.78, 5) is 4.48. The van der Waals surface area contributed by atoms with E-state index in [2.05, 4.69) is 15.1 Å². The van der Waals surface area contributed by atoms with Crippen molar-refractivity contribution in [2.45, 2.75) is 6.54 Å². The van der Waals surface area contributed by atoms with Crippen molar-refractivity contribution in [2.75, 3.05) is 38.6 Å². The second-order valence-electron chi connectivity index (χ2n) is 6.16. The lowest BCUT2D eigenvalue weighted by molar-refractivity contribution is 0.177. The van der Waals surface area contributed by atoms with Gasteiger partial charge in [-0.1, -0.05) is 23.7 Å². The normalized spacial score (nSPS) is 15.0. The van der Waals surface area contributed by atoms with Crippen LogP contribution in [0.1, 0.15) is 5.56 Å². The van der Waals surface area contributed by atoms with Crippen molar-refractivity contribution < 1.29 is 9.13 Å². The number of nitrogens with zero attached hydrogens (tertiary/aromatic N) is 2. The fourth-order valence-corrected chi connectivity index (χ4v) is 3.39. The Bertz CT molecular complexity index is 764. The zero-order chi connectivity index (χ0) is 18.5. The molecule has 0 aromatic heterocycles. The minimum absolute atomic E-state index is 0.202. The molecule has 7 heteroatoms. The highest BCUT2D eigenvalue weighted by atomic mass is 35.5. The molecule has 1 aliphatic rings. The average molecular weight is 394 g/mol. The summed E-state index contributed by atoms with van der Waals surface area (Å²) in [7, 11) is 1.62. The standard InChI is InChI=1S/C19H21ClFN3OS/c1-25-18-7-4-15(20)12-17(18)22-19(26)24-10-8-23(9-11-24)13-14-2-5-16(21)6-3-14/h2-7,12H,8-11,13H2,1H3,(H,22,26). The molecule has 0 radical (unpaired) electrons. The summed E-state index contributed by atoms with van der Waals surface area (Å²) in [6.45, 7) is 4.26. The number of ether oxygens (including phenoxy) is 1. The molecule has 0 aliphatic carbocycles. The Kier molecular flexibility index (Phi) is 6.29. The van der Waals surface area contributed by atoms with Gasteiger partial charge in [0, 0.05) is 37.7 Å². The quantitative estimate of drug-likeness (QED) is 0.792. The van der Waals surface area contributed by atoms with E-state index >= 15 is 0 Å². The molecule has 1 fully saturated rings. The minimum atomic E-state index is -0.202. The number of benzene rings is 2. The molecule has 26 heavy (non-hydrogen) atoms. The van der Waals surface area contributed by atoms with Gasteiger partial charge in [0.25, 0.3) is 0 Å². The SMILES string of the molecule is COc1ccc(Cl)cc1NC(=S)N1CCN(Cc2ccc(F)cc2)CC1. The summed E-state index contributed by atoms with van der Waals surface area (Å²) in [5, 5.41) is 4.51. The van der Waals surface area contributed by atoms with Gasteiger partial charge in [-0.3, -0.25) is 4.90 Å². The molecule has 2 aromatic rings. The van der Waals surface area contributed by atoms with Gasteiger partial charge in [-0.15, -0.1) is 0 Å². The average Bonchev–Trinajstić information content (AvgIpc) is 2.64. The van der Waals surface area contributed by atoms with Gasteiger partial charge in [-0.05, 0) is 48.1 Å². The zero-order valence-corrected chi connectivity index (χ0v) is 16.1. The van der Waals surface area contributed by atoms with Gasteiger partial charge in [-0.2, -0.15) is 0 Å². The fourth-order valence-electron chi connectivity index (χ4n) is 2.93. The van der Waals surface area contributed by atoms with Gasteiger partial charge in [-0.25, -0.2) is 4.39 Å². The maximum atomic E-state index is 13.0. The van der Waals surface area contributed by atoms with Crippen molar-refractivity contribution in [3.05, 3.63) is 58.9 Å². The lowest BCUT2D eigenvalue weighted by Gasteiger charge is -2.36. The zero-order valence-electron chi connectivity index (χ0n) is 14.5. The lowest BCUT2D eigenvalue weighted by atomic mass is 10.2. The van der Waals surface area contributed by atoms with Crippen LogP contribution < -0.4 is 10.1 Å². The van der Waals surface area contributed by atoms with Crippen molar-refractivity contribution in [1.29, 1.82) is 0 Å². The summed E-state index contributed by atoms with van der Waals surface area (Å²) in [5.74, 6) is 0.498. The van der Waals surface area contributed by atoms with Gasteiger partial charge in [0.15, 0.2) is 5.11 Å². The van der Waals surface area contributed by atoms with Crippen LogP contribution in [0.3, 0.4) is 0 Å². The van der Waals surface area contributed by atoms with E-state index < -0.39 is 0 Å². The third-order valence-electron chi connectivity index (χ3n) is 4.38. The number of piperazine rings is 1. The summed E-state index contributed by atoms with van der Waals surface area (Å²) < 4.78 is 18.4. The Morgan fingerprint density at radius 1 is 1.15 bits per heavy atom. The molecule has 1 saturated heterocycles. The van der Waals surface area contributed by atoms with Crippen molar-refractivity contribution >= 4 is 34.6 Å². The maximum Gasteiger partial charge on any atom is 0.173 e. The Morgan fingerprint density at radius 2 is 1.85 bits per heavy atom. The highest BCUT2D eigenvalue weighted by Crippen LogP contribution is 2.28. The second-order valence-corrected chi connectivity index (χ2v) is 6.99. The number of hydrogen-bond donors (Lipinski definition) is 1. The van der Waals surface area contributed by atoms with Crippen molar-refractivity contribution in [3.63, 3.8) is 0 Å². The Hall–Kier alpha value is -1.89. The van der Waals surface area contributed by atoms with E-state index in [4.69, 9.17) is 28.6 Å². The first-order valence-corrected chi connectivity index (χ1v) is 9.20. The number of rotatable bonds is 4. The predicted molar refractivity (Wildman–Crippen MR) is 107 cm³/mol. The van der Waals surface area contributed by atoms with E-state index in [9.17, 15) is 4.39 Å². The van der Waals surface area contributed by atoms with Crippen LogP contribution in [0, 0.1) is 5.82 Å². The van der Waals surface area contributed by atoms with Crippen molar-refractivity contribution in [2.24, 2.45) is 0 Å². The van der Waals surface area contributed by atoms with Gasteiger partial charge in [0.05, 0.1) is 12.8 Å². The molecule has 1 aliphatic heterocycles. The summed E-state index contributed by atoms with van der Waals surface area (Å²) in [6, 6.07) is 12.1. The van der Waals surface area contributed by atoms with Crippen LogP contribution in [-0.2, 0) is 6.54 Å². The Morgan fingerprint density at radius 3 is 2.50 bits per heavy atom. The van der Waals surface area contributed by atoms with E-state index in [1.807, 2.05) is 18.2 Å². The number of anilines is 1. The van der Waals surface area contributed by atoms with Crippen molar-refractivity contribution in [3.8, 4) is 5.75 Å². The first-order valence-electron chi connectivity index (χ1n) is 8.41.